The van der Waals surface area contributed by atoms with Crippen molar-refractivity contribution in [3.63, 3.8) is 0 Å². The smallest absolute Gasteiger partial charge is 0.341 e. The quantitative estimate of drug-likeness (QED) is 0.694. The molecule has 0 saturated heterocycles. The third-order valence-electron chi connectivity index (χ3n) is 3.71. The maximum absolute atomic E-state index is 11.7. The number of methoxy groups -OCH3 is 1. The van der Waals surface area contributed by atoms with Crippen LogP contribution in [0.1, 0.15) is 69.4 Å². The molecule has 0 amide bonds. The van der Waals surface area contributed by atoms with E-state index in [4.69, 9.17) is 0 Å². The summed E-state index contributed by atoms with van der Waals surface area (Å²) in [6, 6.07) is 11.8. The van der Waals surface area contributed by atoms with E-state index in [1.165, 1.54) is 19.6 Å². The lowest BCUT2D eigenvalue weighted by molar-refractivity contribution is 0.0597. The topological polar surface area (TPSA) is 66.8 Å². The lowest BCUT2D eigenvalue weighted by Crippen LogP contribution is -2.19. The molecular weight excluding hydrogens is 328 g/mol. The Bertz CT molecular complexity index is 673. The lowest BCUT2D eigenvalue weighted by atomic mass is 9.77. The Labute approximate surface area is 157 Å². The minimum Gasteiger partial charge on any atom is -0.508 e. The van der Waals surface area contributed by atoms with Crippen molar-refractivity contribution < 1.29 is 19.7 Å². The summed E-state index contributed by atoms with van der Waals surface area (Å²) in [4.78, 5) is 11.7. The molecule has 0 unspecified atom stereocenters. The van der Waals surface area contributed by atoms with Crippen molar-refractivity contribution in [3.05, 3.63) is 59.2 Å². The standard InChI is InChI=1S/C17H18O4.C3H8.C2H6/c1-17(2,11-4-7-13(18)8-5-11)12-6-9-15(19)14(10-12)16(20)21-3;1-3-2;1-2/h4-10,18-19H,1-3H3;3H2,1-2H3;1-2H3. The van der Waals surface area contributed by atoms with Crippen molar-refractivity contribution in [2.24, 2.45) is 0 Å². The molecule has 2 aromatic carbocycles. The fraction of sp³-hybridized carbons (Fsp3) is 0.409. The van der Waals surface area contributed by atoms with Gasteiger partial charge in [-0.15, -0.1) is 0 Å². The molecule has 0 aliphatic rings. The molecule has 2 rings (SSSR count). The number of phenolic OH excluding ortho intramolecular Hbond substituents is 2. The van der Waals surface area contributed by atoms with Gasteiger partial charge < -0.3 is 14.9 Å². The number of hydrogen-bond acceptors (Lipinski definition) is 4. The van der Waals surface area contributed by atoms with Crippen LogP contribution in [0, 0.1) is 0 Å². The zero-order valence-corrected chi connectivity index (χ0v) is 17.0. The molecule has 0 atom stereocenters. The van der Waals surface area contributed by atoms with Crippen LogP contribution in [0.5, 0.6) is 11.5 Å². The molecule has 0 heterocycles. The van der Waals surface area contributed by atoms with E-state index in [9.17, 15) is 15.0 Å². The van der Waals surface area contributed by atoms with Gasteiger partial charge in [0.1, 0.15) is 17.1 Å². The molecule has 144 valence electrons. The third-order valence-corrected chi connectivity index (χ3v) is 3.71. The van der Waals surface area contributed by atoms with Crippen LogP contribution in [0.2, 0.25) is 0 Å². The van der Waals surface area contributed by atoms with E-state index in [-0.39, 0.29) is 22.5 Å². The molecular formula is C22H32O4. The molecule has 4 heteroatoms. The van der Waals surface area contributed by atoms with Gasteiger partial charge in [0.2, 0.25) is 0 Å². The van der Waals surface area contributed by atoms with Gasteiger partial charge in [0, 0.05) is 5.41 Å². The molecule has 26 heavy (non-hydrogen) atoms. The molecule has 0 aromatic heterocycles. The van der Waals surface area contributed by atoms with Gasteiger partial charge in [0.25, 0.3) is 0 Å². The average molecular weight is 360 g/mol. The molecule has 0 fully saturated rings. The van der Waals surface area contributed by atoms with Crippen LogP contribution < -0.4 is 0 Å². The highest BCUT2D eigenvalue weighted by molar-refractivity contribution is 5.92. The Kier molecular flexibility index (Phi) is 10.1. The fourth-order valence-corrected chi connectivity index (χ4v) is 2.24. The second-order valence-corrected chi connectivity index (χ2v) is 6.10. The Balaban J connectivity index is 0.00000113. The van der Waals surface area contributed by atoms with E-state index in [1.807, 2.05) is 39.8 Å². The second kappa shape index (κ2) is 11.2. The fourth-order valence-electron chi connectivity index (χ4n) is 2.24. The van der Waals surface area contributed by atoms with Crippen molar-refractivity contribution >= 4 is 5.97 Å². The first-order valence-electron chi connectivity index (χ1n) is 8.99. The number of hydrogen-bond donors (Lipinski definition) is 2. The Morgan fingerprint density at radius 2 is 1.42 bits per heavy atom. The van der Waals surface area contributed by atoms with Crippen molar-refractivity contribution in [2.45, 2.75) is 53.4 Å². The van der Waals surface area contributed by atoms with Crippen LogP contribution in [0.15, 0.2) is 42.5 Å². The van der Waals surface area contributed by atoms with Crippen LogP contribution in [-0.2, 0) is 10.2 Å². The lowest BCUT2D eigenvalue weighted by Gasteiger charge is -2.26. The maximum Gasteiger partial charge on any atom is 0.341 e. The maximum atomic E-state index is 11.7. The van der Waals surface area contributed by atoms with Crippen LogP contribution in [-0.4, -0.2) is 23.3 Å². The number of carbonyl (C=O) groups is 1. The van der Waals surface area contributed by atoms with Crippen LogP contribution in [0.3, 0.4) is 0 Å². The van der Waals surface area contributed by atoms with Gasteiger partial charge in [-0.3, -0.25) is 0 Å². The van der Waals surface area contributed by atoms with Crippen molar-refractivity contribution in [1.29, 1.82) is 0 Å². The first-order valence-corrected chi connectivity index (χ1v) is 8.99. The molecule has 0 aliphatic carbocycles. The number of rotatable bonds is 3. The second-order valence-electron chi connectivity index (χ2n) is 6.10. The van der Waals surface area contributed by atoms with Gasteiger partial charge in [-0.1, -0.05) is 66.2 Å². The van der Waals surface area contributed by atoms with E-state index < -0.39 is 5.97 Å². The normalized spacial score (nSPS) is 9.96. The van der Waals surface area contributed by atoms with Gasteiger partial charge in [-0.2, -0.15) is 0 Å². The number of aromatic hydroxyl groups is 2. The predicted molar refractivity (Wildman–Crippen MR) is 107 cm³/mol. The molecule has 0 radical (unpaired) electrons. The van der Waals surface area contributed by atoms with Crippen molar-refractivity contribution in [2.75, 3.05) is 7.11 Å². The van der Waals surface area contributed by atoms with E-state index in [2.05, 4.69) is 18.6 Å². The third kappa shape index (κ3) is 6.10. The number of carbonyl (C=O) groups excluding carboxylic acids is 1. The monoisotopic (exact) mass is 360 g/mol. The minimum absolute atomic E-state index is 0.105. The summed E-state index contributed by atoms with van der Waals surface area (Å²) in [5.41, 5.74) is 1.61. The summed E-state index contributed by atoms with van der Waals surface area (Å²) in [6.07, 6.45) is 1.25. The van der Waals surface area contributed by atoms with Crippen molar-refractivity contribution in [3.8, 4) is 11.5 Å². The average Bonchev–Trinajstić information content (AvgIpc) is 2.64. The van der Waals surface area contributed by atoms with Gasteiger partial charge in [-0.25, -0.2) is 4.79 Å². The number of benzene rings is 2. The van der Waals surface area contributed by atoms with Gasteiger partial charge in [0.15, 0.2) is 0 Å². The van der Waals surface area contributed by atoms with E-state index in [0.717, 1.165) is 11.1 Å². The molecule has 0 saturated carbocycles. The summed E-state index contributed by atoms with van der Waals surface area (Å²) in [5.74, 6) is -0.474. The highest BCUT2D eigenvalue weighted by Gasteiger charge is 2.25. The summed E-state index contributed by atoms with van der Waals surface area (Å²) in [6.45, 7) is 12.3. The number of esters is 1. The van der Waals surface area contributed by atoms with E-state index >= 15 is 0 Å². The van der Waals surface area contributed by atoms with Crippen LogP contribution >= 0.6 is 0 Å². The van der Waals surface area contributed by atoms with Gasteiger partial charge in [0.05, 0.1) is 7.11 Å². The van der Waals surface area contributed by atoms with E-state index in [0.29, 0.717) is 0 Å². The van der Waals surface area contributed by atoms with Crippen molar-refractivity contribution in [1.82, 2.24) is 0 Å². The first kappa shape index (κ1) is 23.5. The Morgan fingerprint density at radius 3 is 1.88 bits per heavy atom. The zero-order chi connectivity index (χ0) is 20.3. The number of ether oxygens (including phenoxy) is 1. The minimum atomic E-state index is -0.573. The molecule has 2 N–H and O–H groups in total. The first-order chi connectivity index (χ1) is 12.3. The molecule has 2 aromatic rings. The summed E-state index contributed by atoms with van der Waals surface area (Å²) >= 11 is 0. The van der Waals surface area contributed by atoms with Crippen LogP contribution in [0.4, 0.5) is 0 Å². The SMILES string of the molecule is CC.CCC.COC(=O)c1cc(C(C)(C)c2ccc(O)cc2)ccc1O. The predicted octanol–water partition coefficient (Wildman–Crippen LogP) is 5.65. The summed E-state index contributed by atoms with van der Waals surface area (Å²) < 4.78 is 4.67. The highest BCUT2D eigenvalue weighted by atomic mass is 16.5. The van der Waals surface area contributed by atoms with Gasteiger partial charge >= 0.3 is 5.97 Å². The van der Waals surface area contributed by atoms with E-state index in [1.54, 1.807) is 24.3 Å². The van der Waals surface area contributed by atoms with Crippen LogP contribution in [0.25, 0.3) is 0 Å². The largest absolute Gasteiger partial charge is 0.508 e. The van der Waals surface area contributed by atoms with Gasteiger partial charge in [-0.05, 0) is 35.4 Å². The summed E-state index contributed by atoms with van der Waals surface area (Å²) in [5, 5.41) is 19.2. The highest BCUT2D eigenvalue weighted by Crippen LogP contribution is 2.34. The zero-order valence-electron chi connectivity index (χ0n) is 17.0. The Hall–Kier alpha value is -2.49. The summed E-state index contributed by atoms with van der Waals surface area (Å²) in [7, 11) is 1.28. The Morgan fingerprint density at radius 1 is 0.962 bits per heavy atom. The molecule has 0 aliphatic heterocycles. The molecule has 0 spiro atoms. The number of phenols is 2. The molecule has 4 nitrogen and oxygen atoms in total. The molecule has 0 bridgehead atoms.